The van der Waals surface area contributed by atoms with Crippen molar-refractivity contribution in [2.45, 2.75) is 32.6 Å². The molecule has 1 aromatic carbocycles. The van der Waals surface area contributed by atoms with Crippen LogP contribution in [-0.2, 0) is 4.79 Å². The molecule has 1 aromatic heterocycles. The van der Waals surface area contributed by atoms with E-state index >= 15 is 0 Å². The van der Waals surface area contributed by atoms with Crippen molar-refractivity contribution in [3.05, 3.63) is 47.2 Å². The van der Waals surface area contributed by atoms with Crippen molar-refractivity contribution in [3.63, 3.8) is 0 Å². The number of anilines is 1. The molecule has 1 N–H and O–H groups in total. The van der Waals surface area contributed by atoms with Crippen LogP contribution < -0.4 is 5.32 Å². The molecular weight excluding hydrogens is 341 g/mol. The van der Waals surface area contributed by atoms with Gasteiger partial charge >= 0.3 is 0 Å². The second-order valence-electron chi connectivity index (χ2n) is 5.65. The van der Waals surface area contributed by atoms with E-state index in [9.17, 15) is 14.0 Å². The van der Waals surface area contributed by atoms with Gasteiger partial charge in [0.1, 0.15) is 12.4 Å². The summed E-state index contributed by atoms with van der Waals surface area (Å²) in [7, 11) is 0. The number of hydrogen-bond acceptors (Lipinski definition) is 4. The fourth-order valence-corrected chi connectivity index (χ4v) is 2.95. The fourth-order valence-electron chi connectivity index (χ4n) is 2.40. The lowest BCUT2D eigenvalue weighted by Gasteiger charge is -2.22. The van der Waals surface area contributed by atoms with E-state index in [1.54, 1.807) is 17.6 Å². The first-order chi connectivity index (χ1) is 12.1. The standard InChI is InChI=1S/C18H22FN3O2S/c1-2-3-4-7-11-22(13-16(23)21-18-20-10-12-25-18)17(24)14-8-5-6-9-15(14)19/h5-6,8-10,12H,2-4,7,11,13H2,1H3,(H,20,21,23). The minimum Gasteiger partial charge on any atom is -0.329 e. The predicted molar refractivity (Wildman–Crippen MR) is 97.2 cm³/mol. The topological polar surface area (TPSA) is 62.3 Å². The highest BCUT2D eigenvalue weighted by Gasteiger charge is 2.21. The summed E-state index contributed by atoms with van der Waals surface area (Å²) in [4.78, 5) is 30.2. The quantitative estimate of drug-likeness (QED) is 0.686. The van der Waals surface area contributed by atoms with Gasteiger partial charge in [0.15, 0.2) is 5.13 Å². The third-order valence-electron chi connectivity index (χ3n) is 3.69. The monoisotopic (exact) mass is 363 g/mol. The highest BCUT2D eigenvalue weighted by atomic mass is 32.1. The average molecular weight is 363 g/mol. The molecule has 0 aliphatic rings. The van der Waals surface area contributed by atoms with Crippen molar-refractivity contribution in [1.82, 2.24) is 9.88 Å². The molecule has 0 aliphatic carbocycles. The molecule has 0 saturated carbocycles. The van der Waals surface area contributed by atoms with E-state index in [1.807, 2.05) is 0 Å². The van der Waals surface area contributed by atoms with Crippen LogP contribution in [0.4, 0.5) is 9.52 Å². The summed E-state index contributed by atoms with van der Waals surface area (Å²) in [5.74, 6) is -1.38. The van der Waals surface area contributed by atoms with Crippen molar-refractivity contribution in [1.29, 1.82) is 0 Å². The van der Waals surface area contributed by atoms with Crippen LogP contribution in [0.2, 0.25) is 0 Å². The van der Waals surface area contributed by atoms with E-state index < -0.39 is 11.7 Å². The molecule has 0 unspecified atom stereocenters. The lowest BCUT2D eigenvalue weighted by atomic mass is 10.1. The molecule has 0 spiro atoms. The maximum Gasteiger partial charge on any atom is 0.257 e. The van der Waals surface area contributed by atoms with Gasteiger partial charge in [-0.2, -0.15) is 0 Å². The number of nitrogens with one attached hydrogen (secondary N) is 1. The summed E-state index contributed by atoms with van der Waals surface area (Å²) in [5, 5.41) is 4.89. The Labute approximate surface area is 150 Å². The Hall–Kier alpha value is -2.28. The van der Waals surface area contributed by atoms with Crippen LogP contribution in [0.3, 0.4) is 0 Å². The number of halogens is 1. The van der Waals surface area contributed by atoms with Crippen LogP contribution in [0, 0.1) is 5.82 Å². The van der Waals surface area contributed by atoms with Crippen molar-refractivity contribution >= 4 is 28.3 Å². The van der Waals surface area contributed by atoms with Crippen LogP contribution in [0.5, 0.6) is 0 Å². The van der Waals surface area contributed by atoms with Crippen molar-refractivity contribution < 1.29 is 14.0 Å². The van der Waals surface area contributed by atoms with Gasteiger partial charge in [-0.15, -0.1) is 11.3 Å². The molecule has 2 amide bonds. The van der Waals surface area contributed by atoms with Crippen molar-refractivity contribution in [2.24, 2.45) is 0 Å². The van der Waals surface area contributed by atoms with Crippen LogP contribution >= 0.6 is 11.3 Å². The van der Waals surface area contributed by atoms with Gasteiger partial charge in [-0.3, -0.25) is 9.59 Å². The number of nitrogens with zero attached hydrogens (tertiary/aromatic N) is 2. The van der Waals surface area contributed by atoms with E-state index in [2.05, 4.69) is 17.2 Å². The van der Waals surface area contributed by atoms with Crippen LogP contribution in [0.1, 0.15) is 43.0 Å². The van der Waals surface area contributed by atoms with Crippen LogP contribution in [0.25, 0.3) is 0 Å². The number of benzene rings is 1. The lowest BCUT2D eigenvalue weighted by Crippen LogP contribution is -2.39. The smallest absolute Gasteiger partial charge is 0.257 e. The number of unbranched alkanes of at least 4 members (excludes halogenated alkanes) is 3. The summed E-state index contributed by atoms with van der Waals surface area (Å²) in [6.07, 6.45) is 5.47. The maximum absolute atomic E-state index is 13.9. The van der Waals surface area contributed by atoms with Gasteiger partial charge in [-0.05, 0) is 18.6 Å². The third-order valence-corrected chi connectivity index (χ3v) is 4.37. The first kappa shape index (κ1) is 19.1. The second kappa shape index (κ2) is 9.88. The third kappa shape index (κ3) is 5.94. The Bertz CT molecular complexity index is 691. The lowest BCUT2D eigenvalue weighted by molar-refractivity contribution is -0.116. The molecule has 0 radical (unpaired) electrons. The van der Waals surface area contributed by atoms with E-state index in [1.165, 1.54) is 34.4 Å². The van der Waals surface area contributed by atoms with E-state index in [0.717, 1.165) is 25.7 Å². The Balaban J connectivity index is 2.04. The number of hydrogen-bond donors (Lipinski definition) is 1. The van der Waals surface area contributed by atoms with Gasteiger partial charge in [0.05, 0.1) is 5.56 Å². The summed E-state index contributed by atoms with van der Waals surface area (Å²) in [5.41, 5.74) is -0.0139. The molecule has 0 bridgehead atoms. The molecular formula is C18H22FN3O2S. The molecule has 0 aliphatic heterocycles. The zero-order valence-corrected chi connectivity index (χ0v) is 15.0. The Morgan fingerprint density at radius 1 is 1.24 bits per heavy atom. The van der Waals surface area contributed by atoms with E-state index in [4.69, 9.17) is 0 Å². The SMILES string of the molecule is CCCCCCN(CC(=O)Nc1nccs1)C(=O)c1ccccc1F. The van der Waals surface area contributed by atoms with Gasteiger partial charge in [-0.1, -0.05) is 38.3 Å². The minimum absolute atomic E-state index is 0.0139. The minimum atomic E-state index is -0.577. The molecule has 25 heavy (non-hydrogen) atoms. The van der Waals surface area contributed by atoms with Gasteiger partial charge in [0.2, 0.25) is 5.91 Å². The fraction of sp³-hybridized carbons (Fsp3) is 0.389. The molecule has 5 nitrogen and oxygen atoms in total. The first-order valence-corrected chi connectivity index (χ1v) is 9.23. The average Bonchev–Trinajstić information content (AvgIpc) is 3.10. The second-order valence-corrected chi connectivity index (χ2v) is 6.55. The van der Waals surface area contributed by atoms with Gasteiger partial charge in [0, 0.05) is 18.1 Å². The first-order valence-electron chi connectivity index (χ1n) is 8.35. The zero-order valence-electron chi connectivity index (χ0n) is 14.2. The summed E-state index contributed by atoms with van der Waals surface area (Å²) < 4.78 is 13.9. The van der Waals surface area contributed by atoms with Crippen LogP contribution in [-0.4, -0.2) is 34.8 Å². The zero-order chi connectivity index (χ0) is 18.1. The molecule has 134 valence electrons. The molecule has 0 atom stereocenters. The van der Waals surface area contributed by atoms with Gasteiger partial charge in [0.25, 0.3) is 5.91 Å². The van der Waals surface area contributed by atoms with Crippen molar-refractivity contribution in [2.75, 3.05) is 18.4 Å². The number of amides is 2. The maximum atomic E-state index is 13.9. The Kier molecular flexibility index (Phi) is 7.53. The number of thiazole rings is 1. The largest absolute Gasteiger partial charge is 0.329 e. The molecule has 1 heterocycles. The summed E-state index contributed by atoms with van der Waals surface area (Å²) >= 11 is 1.30. The normalized spacial score (nSPS) is 10.5. The van der Waals surface area contributed by atoms with Crippen molar-refractivity contribution in [3.8, 4) is 0 Å². The van der Waals surface area contributed by atoms with E-state index in [0.29, 0.717) is 11.7 Å². The molecule has 0 saturated heterocycles. The Morgan fingerprint density at radius 2 is 2.04 bits per heavy atom. The number of carbonyl (C=O) groups excluding carboxylic acids is 2. The van der Waals surface area contributed by atoms with Gasteiger partial charge in [-0.25, -0.2) is 9.37 Å². The number of carbonyl (C=O) groups is 2. The van der Waals surface area contributed by atoms with E-state index in [-0.39, 0.29) is 18.0 Å². The Morgan fingerprint density at radius 3 is 2.72 bits per heavy atom. The molecule has 2 rings (SSSR count). The highest BCUT2D eigenvalue weighted by molar-refractivity contribution is 7.13. The molecule has 2 aromatic rings. The summed E-state index contributed by atoms with van der Waals surface area (Å²) in [6.45, 7) is 2.39. The van der Waals surface area contributed by atoms with Gasteiger partial charge < -0.3 is 10.2 Å². The summed E-state index contributed by atoms with van der Waals surface area (Å²) in [6, 6.07) is 5.83. The predicted octanol–water partition coefficient (Wildman–Crippen LogP) is 3.94. The number of aromatic nitrogens is 1. The molecule has 0 fully saturated rings. The van der Waals surface area contributed by atoms with Crippen LogP contribution in [0.15, 0.2) is 35.8 Å². The highest BCUT2D eigenvalue weighted by Crippen LogP contribution is 2.13. The molecule has 7 heteroatoms. The number of rotatable bonds is 9.